The lowest BCUT2D eigenvalue weighted by Crippen LogP contribution is -2.39. The number of hydrogen-bond acceptors (Lipinski definition) is 1. The normalized spacial score (nSPS) is 41.1. The van der Waals surface area contributed by atoms with Crippen molar-refractivity contribution in [2.75, 3.05) is 11.5 Å². The van der Waals surface area contributed by atoms with Crippen LogP contribution in [0.1, 0.15) is 47.5 Å². The molecule has 0 spiro atoms. The predicted octanol–water partition coefficient (Wildman–Crippen LogP) is 4.20. The van der Waals surface area contributed by atoms with Gasteiger partial charge in [0.1, 0.15) is 0 Å². The molecule has 0 aromatic carbocycles. The van der Waals surface area contributed by atoms with E-state index in [0.29, 0.717) is 10.8 Å². The van der Waals surface area contributed by atoms with E-state index in [2.05, 4.69) is 46.4 Å². The Labute approximate surface area is 87.9 Å². The molecule has 0 aliphatic carbocycles. The van der Waals surface area contributed by atoms with Crippen molar-refractivity contribution in [3.05, 3.63) is 0 Å². The summed E-state index contributed by atoms with van der Waals surface area (Å²) in [5.74, 6) is 3.55. The minimum atomic E-state index is 0.577. The Morgan fingerprint density at radius 1 is 1.23 bits per heavy atom. The van der Waals surface area contributed by atoms with Crippen LogP contribution in [0.15, 0.2) is 0 Å². The van der Waals surface area contributed by atoms with Crippen molar-refractivity contribution < 1.29 is 0 Å². The molecule has 1 heteroatoms. The highest BCUT2D eigenvalue weighted by molar-refractivity contribution is 7.99. The Morgan fingerprint density at radius 3 is 2.31 bits per heavy atom. The third-order valence-corrected chi connectivity index (χ3v) is 5.72. The van der Waals surface area contributed by atoms with Crippen molar-refractivity contribution in [2.24, 2.45) is 16.7 Å². The maximum atomic E-state index is 2.47. The summed E-state index contributed by atoms with van der Waals surface area (Å²) in [7, 11) is 0. The fraction of sp³-hybridized carbons (Fsp3) is 1.00. The summed E-state index contributed by atoms with van der Waals surface area (Å²) >= 11 is 2.16. The molecule has 0 radical (unpaired) electrons. The van der Waals surface area contributed by atoms with Crippen LogP contribution in [0.25, 0.3) is 0 Å². The van der Waals surface area contributed by atoms with Gasteiger partial charge in [-0.05, 0) is 41.1 Å². The van der Waals surface area contributed by atoms with E-state index in [1.807, 2.05) is 0 Å². The third-order valence-electron chi connectivity index (χ3n) is 3.96. The van der Waals surface area contributed by atoms with Gasteiger partial charge in [0.15, 0.2) is 0 Å². The van der Waals surface area contributed by atoms with E-state index < -0.39 is 0 Å². The number of thioether (sulfide) groups is 1. The van der Waals surface area contributed by atoms with Crippen molar-refractivity contribution in [2.45, 2.75) is 47.5 Å². The highest BCUT2D eigenvalue weighted by Crippen LogP contribution is 2.49. The Morgan fingerprint density at radius 2 is 1.85 bits per heavy atom. The van der Waals surface area contributed by atoms with E-state index in [0.717, 1.165) is 5.92 Å². The molecule has 0 bridgehead atoms. The molecule has 0 N–H and O–H groups in total. The summed E-state index contributed by atoms with van der Waals surface area (Å²) in [6.45, 7) is 12.0. The van der Waals surface area contributed by atoms with E-state index >= 15 is 0 Å². The number of rotatable bonds is 2. The van der Waals surface area contributed by atoms with Crippen LogP contribution in [0.5, 0.6) is 0 Å². The zero-order chi connectivity index (χ0) is 10.1. The first-order valence-electron chi connectivity index (χ1n) is 5.50. The Hall–Kier alpha value is 0.350. The van der Waals surface area contributed by atoms with Crippen LogP contribution in [0.4, 0.5) is 0 Å². The maximum absolute atomic E-state index is 2.47. The van der Waals surface area contributed by atoms with Crippen LogP contribution in [-0.2, 0) is 0 Å². The largest absolute Gasteiger partial charge is 0.161 e. The molecule has 0 saturated carbocycles. The summed E-state index contributed by atoms with van der Waals surface area (Å²) in [5.41, 5.74) is 1.18. The van der Waals surface area contributed by atoms with Crippen molar-refractivity contribution >= 4 is 11.8 Å². The minimum absolute atomic E-state index is 0.577. The molecule has 0 amide bonds. The molecule has 1 heterocycles. The van der Waals surface area contributed by atoms with Gasteiger partial charge in [0, 0.05) is 0 Å². The lowest BCUT2D eigenvalue weighted by atomic mass is 9.68. The molecule has 1 rings (SSSR count). The lowest BCUT2D eigenvalue weighted by Gasteiger charge is -2.46. The van der Waals surface area contributed by atoms with E-state index in [1.54, 1.807) is 0 Å². The quantitative estimate of drug-likeness (QED) is 0.643. The highest BCUT2D eigenvalue weighted by atomic mass is 32.2. The predicted molar refractivity (Wildman–Crippen MR) is 63.3 cm³/mol. The van der Waals surface area contributed by atoms with Crippen LogP contribution < -0.4 is 0 Å². The summed E-state index contributed by atoms with van der Waals surface area (Å²) in [5, 5.41) is 0. The third kappa shape index (κ3) is 2.43. The van der Waals surface area contributed by atoms with Gasteiger partial charge >= 0.3 is 0 Å². The van der Waals surface area contributed by atoms with Crippen LogP contribution in [0, 0.1) is 16.7 Å². The van der Waals surface area contributed by atoms with E-state index in [9.17, 15) is 0 Å². The SMILES string of the molecule is CCC1(C)CSCC(C)(C(C)C)C1. The van der Waals surface area contributed by atoms with Crippen molar-refractivity contribution in [1.29, 1.82) is 0 Å². The fourth-order valence-corrected chi connectivity index (χ4v) is 4.01. The van der Waals surface area contributed by atoms with Crippen molar-refractivity contribution in [3.63, 3.8) is 0 Å². The first-order chi connectivity index (χ1) is 5.92. The Bertz CT molecular complexity index is 176. The molecule has 0 aromatic rings. The Balaban J connectivity index is 2.71. The van der Waals surface area contributed by atoms with Gasteiger partial charge in [-0.2, -0.15) is 11.8 Å². The van der Waals surface area contributed by atoms with E-state index in [-0.39, 0.29) is 0 Å². The standard InChI is InChI=1S/C12H24S/c1-6-11(4)7-12(5,10(2)3)9-13-8-11/h10H,6-9H2,1-5H3. The molecule has 0 aromatic heterocycles. The van der Waals surface area contributed by atoms with Gasteiger partial charge in [-0.3, -0.25) is 0 Å². The first kappa shape index (κ1) is 11.4. The van der Waals surface area contributed by atoms with Crippen molar-refractivity contribution in [3.8, 4) is 0 Å². The first-order valence-corrected chi connectivity index (χ1v) is 6.65. The second-order valence-corrected chi connectivity index (χ2v) is 6.63. The van der Waals surface area contributed by atoms with E-state index in [1.165, 1.54) is 24.3 Å². The molecular formula is C12H24S. The smallest absolute Gasteiger partial charge is 0.00106 e. The molecular weight excluding hydrogens is 176 g/mol. The van der Waals surface area contributed by atoms with Gasteiger partial charge in [0.2, 0.25) is 0 Å². The molecule has 1 aliphatic heterocycles. The molecule has 1 aliphatic rings. The van der Waals surface area contributed by atoms with Crippen LogP contribution in [0.3, 0.4) is 0 Å². The van der Waals surface area contributed by atoms with Gasteiger partial charge < -0.3 is 0 Å². The molecule has 2 atom stereocenters. The molecule has 1 fully saturated rings. The average molecular weight is 200 g/mol. The average Bonchev–Trinajstić information content (AvgIpc) is 2.04. The molecule has 78 valence electrons. The monoisotopic (exact) mass is 200 g/mol. The second kappa shape index (κ2) is 3.84. The Kier molecular flexibility index (Phi) is 3.38. The zero-order valence-electron chi connectivity index (χ0n) is 9.81. The fourth-order valence-electron chi connectivity index (χ4n) is 2.21. The summed E-state index contributed by atoms with van der Waals surface area (Å²) in [6.07, 6.45) is 2.75. The van der Waals surface area contributed by atoms with E-state index in [4.69, 9.17) is 0 Å². The van der Waals surface area contributed by atoms with Gasteiger partial charge in [-0.15, -0.1) is 0 Å². The summed E-state index contributed by atoms with van der Waals surface area (Å²) in [6, 6.07) is 0. The molecule has 2 unspecified atom stereocenters. The van der Waals surface area contributed by atoms with Crippen LogP contribution in [-0.4, -0.2) is 11.5 Å². The maximum Gasteiger partial charge on any atom is -0.00106 e. The van der Waals surface area contributed by atoms with Gasteiger partial charge in [0.25, 0.3) is 0 Å². The number of hydrogen-bond donors (Lipinski definition) is 0. The van der Waals surface area contributed by atoms with Crippen LogP contribution in [0.2, 0.25) is 0 Å². The topological polar surface area (TPSA) is 0 Å². The zero-order valence-corrected chi connectivity index (χ0v) is 10.6. The lowest BCUT2D eigenvalue weighted by molar-refractivity contribution is 0.135. The van der Waals surface area contributed by atoms with Gasteiger partial charge in [-0.25, -0.2) is 0 Å². The van der Waals surface area contributed by atoms with Gasteiger partial charge in [-0.1, -0.05) is 34.6 Å². The molecule has 13 heavy (non-hydrogen) atoms. The summed E-state index contributed by atoms with van der Waals surface area (Å²) < 4.78 is 0. The molecule has 0 nitrogen and oxygen atoms in total. The second-order valence-electron chi connectivity index (χ2n) is 5.64. The summed E-state index contributed by atoms with van der Waals surface area (Å²) in [4.78, 5) is 0. The van der Waals surface area contributed by atoms with Crippen molar-refractivity contribution in [1.82, 2.24) is 0 Å². The highest BCUT2D eigenvalue weighted by Gasteiger charge is 2.40. The minimum Gasteiger partial charge on any atom is -0.161 e. The van der Waals surface area contributed by atoms with Crippen LogP contribution >= 0.6 is 11.8 Å². The van der Waals surface area contributed by atoms with Gasteiger partial charge in [0.05, 0.1) is 0 Å². The molecule has 1 saturated heterocycles.